The van der Waals surface area contributed by atoms with Gasteiger partial charge in [0.05, 0.1) is 5.52 Å². The maximum absolute atomic E-state index is 6.34. The van der Waals surface area contributed by atoms with Gasteiger partial charge in [0.25, 0.3) is 0 Å². The molecule has 0 atom stereocenters. The van der Waals surface area contributed by atoms with Gasteiger partial charge in [-0.2, -0.15) is 5.10 Å². The smallest absolute Gasteiger partial charge is 0.146 e. The number of H-pyrrole nitrogens is 1. The molecular weight excluding hydrogens is 338 g/mol. The van der Waals surface area contributed by atoms with Crippen molar-refractivity contribution in [1.82, 2.24) is 20.4 Å². The number of rotatable bonds is 3. The molecule has 0 bridgehead atoms. The number of hydrogen-bond donors (Lipinski definition) is 4. The van der Waals surface area contributed by atoms with Crippen LogP contribution in [-0.4, -0.2) is 46.1 Å². The Kier molecular flexibility index (Phi) is 4.78. The summed E-state index contributed by atoms with van der Waals surface area (Å²) in [4.78, 5) is 6.96. The zero-order chi connectivity index (χ0) is 18.9. The summed E-state index contributed by atoms with van der Waals surface area (Å²) < 4.78 is 0. The molecule has 6 N–H and O–H groups in total. The maximum atomic E-state index is 6.34. The average molecular weight is 368 g/mol. The fourth-order valence-electron chi connectivity index (χ4n) is 4.41. The highest BCUT2D eigenvalue weighted by molar-refractivity contribution is 6.01. The van der Waals surface area contributed by atoms with Crippen LogP contribution in [0.25, 0.3) is 10.9 Å². The number of aliphatic imine (C=N–C) groups is 1. The van der Waals surface area contributed by atoms with Gasteiger partial charge in [0.2, 0.25) is 0 Å². The van der Waals surface area contributed by atoms with Gasteiger partial charge < -0.3 is 21.7 Å². The SMILES string of the molecule is Cc1[nH]nc2ccc(/C(N)=N/C(=C\N)N3CCNC4(CCCCC4)C3)cc12. The predicted molar refractivity (Wildman–Crippen MR) is 109 cm³/mol. The van der Waals surface area contributed by atoms with Crippen molar-refractivity contribution < 1.29 is 0 Å². The Hall–Kier alpha value is -2.54. The summed E-state index contributed by atoms with van der Waals surface area (Å²) in [6.07, 6.45) is 7.93. The normalized spacial score (nSPS) is 21.1. The van der Waals surface area contributed by atoms with Gasteiger partial charge in [0, 0.05) is 48.0 Å². The maximum Gasteiger partial charge on any atom is 0.146 e. The molecule has 2 aromatic rings. The van der Waals surface area contributed by atoms with E-state index < -0.39 is 0 Å². The van der Waals surface area contributed by atoms with E-state index in [0.717, 1.165) is 47.6 Å². The first-order valence-corrected chi connectivity index (χ1v) is 9.81. The number of nitrogens with one attached hydrogen (secondary N) is 2. The average Bonchev–Trinajstić information content (AvgIpc) is 3.07. The minimum atomic E-state index is 0.196. The van der Waals surface area contributed by atoms with Crippen molar-refractivity contribution in [2.24, 2.45) is 16.5 Å². The van der Waals surface area contributed by atoms with E-state index >= 15 is 0 Å². The van der Waals surface area contributed by atoms with E-state index in [1.807, 2.05) is 25.1 Å². The highest BCUT2D eigenvalue weighted by Gasteiger charge is 2.36. The summed E-state index contributed by atoms with van der Waals surface area (Å²) in [6.45, 7) is 4.78. The van der Waals surface area contributed by atoms with Gasteiger partial charge >= 0.3 is 0 Å². The lowest BCUT2D eigenvalue weighted by Crippen LogP contribution is -2.60. The van der Waals surface area contributed by atoms with Crippen molar-refractivity contribution >= 4 is 16.7 Å². The Labute approximate surface area is 159 Å². The molecule has 0 radical (unpaired) electrons. The van der Waals surface area contributed by atoms with Crippen LogP contribution in [0, 0.1) is 6.92 Å². The Morgan fingerprint density at radius 3 is 2.89 bits per heavy atom. The van der Waals surface area contributed by atoms with Gasteiger partial charge in [-0.05, 0) is 38.0 Å². The van der Waals surface area contributed by atoms with Crippen molar-refractivity contribution in [3.63, 3.8) is 0 Å². The molecule has 2 fully saturated rings. The molecule has 1 saturated heterocycles. The summed E-state index contributed by atoms with van der Waals surface area (Å²) in [7, 11) is 0. The molecule has 1 aromatic heterocycles. The van der Waals surface area contributed by atoms with Crippen LogP contribution >= 0.6 is 0 Å². The van der Waals surface area contributed by atoms with Crippen molar-refractivity contribution in [3.05, 3.63) is 41.5 Å². The van der Waals surface area contributed by atoms with Crippen LogP contribution in [0.5, 0.6) is 0 Å². The lowest BCUT2D eigenvalue weighted by molar-refractivity contribution is 0.122. The first-order valence-electron chi connectivity index (χ1n) is 9.81. The van der Waals surface area contributed by atoms with E-state index in [1.54, 1.807) is 6.20 Å². The molecule has 1 aliphatic heterocycles. The molecule has 1 aromatic carbocycles. The summed E-state index contributed by atoms with van der Waals surface area (Å²) in [5.41, 5.74) is 15.3. The molecule has 1 saturated carbocycles. The largest absolute Gasteiger partial charge is 0.402 e. The number of hydrogen-bond acceptors (Lipinski definition) is 5. The second-order valence-corrected chi connectivity index (χ2v) is 7.79. The van der Waals surface area contributed by atoms with Crippen LogP contribution < -0.4 is 16.8 Å². The number of aromatic amines is 1. The molecular formula is C20H29N7. The van der Waals surface area contributed by atoms with Crippen molar-refractivity contribution in [2.45, 2.75) is 44.6 Å². The molecule has 0 amide bonds. The second kappa shape index (κ2) is 7.23. The number of nitrogens with zero attached hydrogens (tertiary/aromatic N) is 3. The number of amidine groups is 1. The number of piperazine rings is 1. The zero-order valence-corrected chi connectivity index (χ0v) is 16.0. The Bertz CT molecular complexity index is 868. The van der Waals surface area contributed by atoms with Crippen LogP contribution in [0.15, 0.2) is 35.2 Å². The molecule has 27 heavy (non-hydrogen) atoms. The first kappa shape index (κ1) is 17.9. The van der Waals surface area contributed by atoms with Crippen LogP contribution in [0.3, 0.4) is 0 Å². The van der Waals surface area contributed by atoms with E-state index in [9.17, 15) is 0 Å². The van der Waals surface area contributed by atoms with Gasteiger partial charge in [-0.15, -0.1) is 0 Å². The van der Waals surface area contributed by atoms with Crippen molar-refractivity contribution in [1.29, 1.82) is 0 Å². The van der Waals surface area contributed by atoms with Crippen LogP contribution in [-0.2, 0) is 0 Å². The fourth-order valence-corrected chi connectivity index (χ4v) is 4.41. The first-order chi connectivity index (χ1) is 13.1. The standard InChI is InChI=1S/C20H29N7/c1-14-16-11-15(5-6-17(16)26-25-14)19(22)24-18(12-21)27-10-9-23-20(13-27)7-3-2-4-8-20/h5-6,11-12,23H,2-4,7-10,13,21H2,1H3,(H2,22,24)(H,25,26)/b18-12+. The molecule has 1 spiro atoms. The molecule has 7 nitrogen and oxygen atoms in total. The summed E-state index contributed by atoms with van der Waals surface area (Å²) in [5, 5.41) is 12.1. The van der Waals surface area contributed by atoms with Gasteiger partial charge in [0.1, 0.15) is 11.7 Å². The third kappa shape index (κ3) is 3.51. The monoisotopic (exact) mass is 367 g/mol. The third-order valence-corrected chi connectivity index (χ3v) is 5.93. The Balaban J connectivity index is 1.57. The lowest BCUT2D eigenvalue weighted by Gasteiger charge is -2.46. The van der Waals surface area contributed by atoms with E-state index in [0.29, 0.717) is 5.84 Å². The predicted octanol–water partition coefficient (Wildman–Crippen LogP) is 1.94. The van der Waals surface area contributed by atoms with Gasteiger partial charge in [-0.25, -0.2) is 4.99 Å². The van der Waals surface area contributed by atoms with Crippen molar-refractivity contribution in [3.8, 4) is 0 Å². The summed E-state index contributed by atoms with van der Waals surface area (Å²) in [5.74, 6) is 1.23. The van der Waals surface area contributed by atoms with Crippen LogP contribution in [0.1, 0.15) is 43.4 Å². The van der Waals surface area contributed by atoms with E-state index in [4.69, 9.17) is 11.5 Å². The molecule has 0 unspecified atom stereocenters. The topological polar surface area (TPSA) is 108 Å². The number of benzene rings is 1. The van der Waals surface area contributed by atoms with Gasteiger partial charge in [-0.3, -0.25) is 5.10 Å². The molecule has 1 aliphatic carbocycles. The lowest BCUT2D eigenvalue weighted by atomic mass is 9.80. The number of fused-ring (bicyclic) bond motifs is 1. The summed E-state index contributed by atoms with van der Waals surface area (Å²) >= 11 is 0. The second-order valence-electron chi connectivity index (χ2n) is 7.79. The van der Waals surface area contributed by atoms with Gasteiger partial charge in [-0.1, -0.05) is 19.3 Å². The van der Waals surface area contributed by atoms with E-state index in [-0.39, 0.29) is 5.54 Å². The number of nitrogens with two attached hydrogens (primary N) is 2. The number of aryl methyl sites for hydroxylation is 1. The van der Waals surface area contributed by atoms with Crippen molar-refractivity contribution in [2.75, 3.05) is 19.6 Å². The van der Waals surface area contributed by atoms with Gasteiger partial charge in [0.15, 0.2) is 0 Å². The quantitative estimate of drug-likeness (QED) is 0.490. The Morgan fingerprint density at radius 2 is 2.11 bits per heavy atom. The third-order valence-electron chi connectivity index (χ3n) is 5.93. The minimum Gasteiger partial charge on any atom is -0.402 e. The molecule has 2 aliphatic rings. The Morgan fingerprint density at radius 1 is 1.30 bits per heavy atom. The fraction of sp³-hybridized carbons (Fsp3) is 0.500. The molecule has 7 heteroatoms. The van der Waals surface area contributed by atoms with E-state index in [1.165, 1.54) is 32.1 Å². The van der Waals surface area contributed by atoms with Crippen LogP contribution in [0.2, 0.25) is 0 Å². The zero-order valence-electron chi connectivity index (χ0n) is 16.0. The number of aromatic nitrogens is 2. The molecule has 4 rings (SSSR count). The molecule has 2 heterocycles. The summed E-state index contributed by atoms with van der Waals surface area (Å²) in [6, 6.07) is 5.95. The van der Waals surface area contributed by atoms with Crippen LogP contribution in [0.4, 0.5) is 0 Å². The molecule has 144 valence electrons. The minimum absolute atomic E-state index is 0.196. The highest BCUT2D eigenvalue weighted by Crippen LogP contribution is 2.31. The van der Waals surface area contributed by atoms with E-state index in [2.05, 4.69) is 25.4 Å². The highest BCUT2D eigenvalue weighted by atomic mass is 15.3.